The fourth-order valence-electron chi connectivity index (χ4n) is 2.43. The van der Waals surface area contributed by atoms with Gasteiger partial charge < -0.3 is 15.0 Å². The molecule has 0 aromatic carbocycles. The molecule has 1 aromatic rings. The molecule has 0 unspecified atom stereocenters. The zero-order valence-corrected chi connectivity index (χ0v) is 10.7. The lowest BCUT2D eigenvalue weighted by atomic mass is 10.1. The Hall–Kier alpha value is -1.85. The van der Waals surface area contributed by atoms with Gasteiger partial charge in [-0.25, -0.2) is 4.98 Å². The summed E-state index contributed by atoms with van der Waals surface area (Å²) in [4.78, 5) is 27.0. The first-order valence-corrected chi connectivity index (χ1v) is 5.82. The van der Waals surface area contributed by atoms with Gasteiger partial charge in [0, 0.05) is 19.4 Å². The zero-order chi connectivity index (χ0) is 13.5. The van der Waals surface area contributed by atoms with Gasteiger partial charge in [0.1, 0.15) is 5.82 Å². The number of rotatable bonds is 4. The molecule has 6 nitrogen and oxygen atoms in total. The van der Waals surface area contributed by atoms with Crippen LogP contribution in [0.2, 0.25) is 0 Å². The second-order valence-electron chi connectivity index (χ2n) is 5.29. The number of carbonyl (C=O) groups excluding carboxylic acids is 1. The van der Waals surface area contributed by atoms with Crippen LogP contribution >= 0.6 is 0 Å². The number of carbonyl (C=O) groups is 2. The van der Waals surface area contributed by atoms with Crippen LogP contribution < -0.4 is 5.32 Å². The van der Waals surface area contributed by atoms with Gasteiger partial charge in [0.05, 0.1) is 18.4 Å². The second-order valence-corrected chi connectivity index (χ2v) is 5.29. The number of carboxylic acids is 1. The largest absolute Gasteiger partial charge is 0.481 e. The molecule has 2 N–H and O–H groups in total. The summed E-state index contributed by atoms with van der Waals surface area (Å²) in [5.74, 6) is -1.41. The smallest absolute Gasteiger partial charge is 0.307 e. The average molecular weight is 251 g/mol. The van der Waals surface area contributed by atoms with Gasteiger partial charge in [-0.15, -0.1) is 0 Å². The van der Waals surface area contributed by atoms with E-state index in [9.17, 15) is 9.59 Å². The third kappa shape index (κ3) is 1.98. The number of aromatic nitrogens is 2. The number of hydrogen-bond donors (Lipinski definition) is 2. The van der Waals surface area contributed by atoms with Crippen molar-refractivity contribution in [2.75, 3.05) is 0 Å². The van der Waals surface area contributed by atoms with Crippen molar-refractivity contribution in [3.8, 4) is 0 Å². The highest BCUT2D eigenvalue weighted by atomic mass is 16.4. The van der Waals surface area contributed by atoms with E-state index in [4.69, 9.17) is 5.11 Å². The minimum Gasteiger partial charge on any atom is -0.481 e. The van der Waals surface area contributed by atoms with Crippen molar-refractivity contribution in [1.29, 1.82) is 0 Å². The quantitative estimate of drug-likeness (QED) is 0.811. The molecule has 1 aliphatic rings. The van der Waals surface area contributed by atoms with Crippen LogP contribution in [-0.2, 0) is 23.2 Å². The molecule has 2 rings (SSSR count). The van der Waals surface area contributed by atoms with Crippen molar-refractivity contribution in [2.24, 2.45) is 24.3 Å². The van der Waals surface area contributed by atoms with Gasteiger partial charge >= 0.3 is 5.97 Å². The molecule has 0 bridgehead atoms. The summed E-state index contributed by atoms with van der Waals surface area (Å²) in [5, 5.41) is 11.8. The minimum atomic E-state index is -0.905. The van der Waals surface area contributed by atoms with Crippen LogP contribution in [0, 0.1) is 17.3 Å². The summed E-state index contributed by atoms with van der Waals surface area (Å²) in [5.41, 5.74) is -0.461. The van der Waals surface area contributed by atoms with Gasteiger partial charge in [0.25, 0.3) is 0 Å². The maximum atomic E-state index is 11.9. The minimum absolute atomic E-state index is 0.213. The number of amides is 1. The lowest BCUT2D eigenvalue weighted by Gasteiger charge is -2.06. The summed E-state index contributed by atoms with van der Waals surface area (Å²) in [6.07, 6.45) is 3.45. The van der Waals surface area contributed by atoms with E-state index in [2.05, 4.69) is 10.3 Å². The molecule has 1 aromatic heterocycles. The normalized spacial score (nSPS) is 24.6. The Morgan fingerprint density at radius 3 is 2.61 bits per heavy atom. The number of carboxylic acid groups (broad SMARTS) is 1. The van der Waals surface area contributed by atoms with E-state index in [1.807, 2.05) is 11.6 Å². The molecule has 2 atom stereocenters. The average Bonchev–Trinajstić information content (AvgIpc) is 2.62. The van der Waals surface area contributed by atoms with E-state index in [-0.39, 0.29) is 5.91 Å². The molecule has 1 aliphatic carbocycles. The number of nitrogens with zero attached hydrogens (tertiary/aromatic N) is 2. The first kappa shape index (κ1) is 12.6. The molecule has 18 heavy (non-hydrogen) atoms. The van der Waals surface area contributed by atoms with Crippen molar-refractivity contribution in [3.63, 3.8) is 0 Å². The van der Waals surface area contributed by atoms with E-state index in [0.29, 0.717) is 6.54 Å². The fourth-order valence-corrected chi connectivity index (χ4v) is 2.43. The standard InChI is InChI=1S/C12H17N3O3/c1-12(2)8(9(12)11(17)18)10(16)14-6-7-13-4-5-15(7)3/h4-5,8-9H,6H2,1-3H3,(H,14,16)(H,17,18)/t8-,9+/m1/s1. The van der Waals surface area contributed by atoms with Gasteiger partial charge in [-0.1, -0.05) is 13.8 Å². The number of aliphatic carboxylic acids is 1. The molecule has 1 amide bonds. The Bertz CT molecular complexity index is 493. The van der Waals surface area contributed by atoms with Gasteiger partial charge in [-0.05, 0) is 5.41 Å². The Morgan fingerprint density at radius 2 is 2.17 bits per heavy atom. The topological polar surface area (TPSA) is 84.2 Å². The predicted molar refractivity (Wildman–Crippen MR) is 63.5 cm³/mol. The van der Waals surface area contributed by atoms with Crippen molar-refractivity contribution in [1.82, 2.24) is 14.9 Å². The van der Waals surface area contributed by atoms with Gasteiger partial charge in [-0.2, -0.15) is 0 Å². The molecule has 0 radical (unpaired) electrons. The maximum absolute atomic E-state index is 11.9. The third-order valence-corrected chi connectivity index (χ3v) is 3.72. The fraction of sp³-hybridized carbons (Fsp3) is 0.583. The third-order valence-electron chi connectivity index (χ3n) is 3.72. The monoisotopic (exact) mass is 251 g/mol. The maximum Gasteiger partial charge on any atom is 0.307 e. The highest BCUT2D eigenvalue weighted by Gasteiger charge is 2.65. The number of nitrogens with one attached hydrogen (secondary N) is 1. The molecular formula is C12H17N3O3. The summed E-state index contributed by atoms with van der Waals surface area (Å²) < 4.78 is 1.81. The highest BCUT2D eigenvalue weighted by Crippen LogP contribution is 2.58. The molecule has 1 fully saturated rings. The Labute approximate surface area is 105 Å². The molecule has 0 aliphatic heterocycles. The van der Waals surface area contributed by atoms with Crippen molar-refractivity contribution < 1.29 is 14.7 Å². The van der Waals surface area contributed by atoms with Gasteiger partial charge in [-0.3, -0.25) is 9.59 Å². The van der Waals surface area contributed by atoms with Crippen LogP contribution in [0.15, 0.2) is 12.4 Å². The van der Waals surface area contributed by atoms with Gasteiger partial charge in [0.15, 0.2) is 0 Å². The SMILES string of the molecule is Cn1ccnc1CNC(=O)[C@H]1[C@@H](C(=O)O)C1(C)C. The molecule has 0 spiro atoms. The molecule has 0 saturated heterocycles. The van der Waals surface area contributed by atoms with Crippen LogP contribution in [-0.4, -0.2) is 26.5 Å². The first-order chi connectivity index (χ1) is 8.35. The zero-order valence-electron chi connectivity index (χ0n) is 10.7. The second kappa shape index (κ2) is 4.12. The summed E-state index contributed by atoms with van der Waals surface area (Å²) in [7, 11) is 1.84. The molecule has 6 heteroatoms. The molecule has 1 heterocycles. The van der Waals surface area contributed by atoms with Crippen molar-refractivity contribution in [2.45, 2.75) is 20.4 Å². The van der Waals surface area contributed by atoms with E-state index in [0.717, 1.165) is 5.82 Å². The lowest BCUT2D eigenvalue weighted by molar-refractivity contribution is -0.140. The van der Waals surface area contributed by atoms with Crippen molar-refractivity contribution >= 4 is 11.9 Å². The van der Waals surface area contributed by atoms with Crippen LogP contribution in [0.3, 0.4) is 0 Å². The summed E-state index contributed by atoms with van der Waals surface area (Å²) >= 11 is 0. The number of hydrogen-bond acceptors (Lipinski definition) is 3. The Morgan fingerprint density at radius 1 is 1.50 bits per heavy atom. The van der Waals surface area contributed by atoms with Crippen molar-refractivity contribution in [3.05, 3.63) is 18.2 Å². The number of aryl methyl sites for hydroxylation is 1. The Balaban J connectivity index is 1.94. The predicted octanol–water partition coefficient (Wildman–Crippen LogP) is 0.393. The van der Waals surface area contributed by atoms with Crippen LogP contribution in [0.5, 0.6) is 0 Å². The Kier molecular flexibility index (Phi) is 2.88. The van der Waals surface area contributed by atoms with E-state index >= 15 is 0 Å². The highest BCUT2D eigenvalue weighted by molar-refractivity contribution is 5.91. The first-order valence-electron chi connectivity index (χ1n) is 5.82. The number of imidazole rings is 1. The van der Waals surface area contributed by atoms with E-state index in [1.165, 1.54) is 0 Å². The summed E-state index contributed by atoms with van der Waals surface area (Å²) in [6.45, 7) is 3.93. The summed E-state index contributed by atoms with van der Waals surface area (Å²) in [6, 6.07) is 0. The van der Waals surface area contributed by atoms with Crippen LogP contribution in [0.25, 0.3) is 0 Å². The molecule has 1 saturated carbocycles. The van der Waals surface area contributed by atoms with E-state index in [1.54, 1.807) is 26.2 Å². The molecule has 98 valence electrons. The van der Waals surface area contributed by atoms with Crippen LogP contribution in [0.4, 0.5) is 0 Å². The van der Waals surface area contributed by atoms with Crippen LogP contribution in [0.1, 0.15) is 19.7 Å². The lowest BCUT2D eigenvalue weighted by Crippen LogP contribution is -2.28. The van der Waals surface area contributed by atoms with E-state index < -0.39 is 23.2 Å². The molecular weight excluding hydrogens is 234 g/mol. The van der Waals surface area contributed by atoms with Gasteiger partial charge in [0.2, 0.25) is 5.91 Å².